The Morgan fingerprint density at radius 1 is 1.21 bits per heavy atom. The van der Waals surface area contributed by atoms with E-state index in [0.717, 1.165) is 6.54 Å². The van der Waals surface area contributed by atoms with Gasteiger partial charge in [0.25, 0.3) is 0 Å². The van der Waals surface area contributed by atoms with Crippen LogP contribution in [0, 0.1) is 0 Å². The van der Waals surface area contributed by atoms with Crippen LogP contribution in [0.2, 0.25) is 0 Å². The lowest BCUT2D eigenvalue weighted by Gasteiger charge is -2.40. The first kappa shape index (κ1) is 17.1. The highest BCUT2D eigenvalue weighted by Crippen LogP contribution is 2.31. The van der Waals surface area contributed by atoms with Crippen molar-refractivity contribution in [2.75, 3.05) is 19.8 Å². The quantitative estimate of drug-likeness (QED) is 0.792. The lowest BCUT2D eigenvalue weighted by Crippen LogP contribution is -2.47. The number of hydrogen-bond acceptors (Lipinski definition) is 5. The summed E-state index contributed by atoms with van der Waals surface area (Å²) in [5.41, 5.74) is 0.505. The normalized spacial score (nSPS) is 25.1. The van der Waals surface area contributed by atoms with E-state index in [1.807, 2.05) is 6.92 Å². The Morgan fingerprint density at radius 3 is 2.58 bits per heavy atom. The molecule has 1 aromatic rings. The van der Waals surface area contributed by atoms with Crippen LogP contribution in [0.1, 0.15) is 50.4 Å². The predicted molar refractivity (Wildman–Crippen MR) is 91.8 cm³/mol. The van der Waals surface area contributed by atoms with Crippen LogP contribution in [-0.4, -0.2) is 48.8 Å². The molecule has 0 aliphatic carbocycles. The number of hydrogen-bond donors (Lipinski definition) is 0. The van der Waals surface area contributed by atoms with Crippen molar-refractivity contribution in [1.82, 2.24) is 4.90 Å². The van der Waals surface area contributed by atoms with Gasteiger partial charge in [-0.3, -0.25) is 4.90 Å². The maximum Gasteiger partial charge on any atom is 0.338 e. The molecule has 0 bridgehead atoms. The largest absolute Gasteiger partial charge is 0.486 e. The Morgan fingerprint density at radius 2 is 1.88 bits per heavy atom. The first-order chi connectivity index (χ1) is 11.5. The SMILES string of the molecule is CC(CN1C(C)CCCC1C)OC(=O)c1ccc2c(c1)OCCO2. The molecule has 0 spiro atoms. The molecule has 2 aliphatic rings. The number of rotatable bonds is 4. The third kappa shape index (κ3) is 3.83. The second-order valence-corrected chi connectivity index (χ2v) is 6.90. The molecule has 0 radical (unpaired) electrons. The van der Waals surface area contributed by atoms with E-state index in [4.69, 9.17) is 14.2 Å². The Kier molecular flexibility index (Phi) is 5.29. The van der Waals surface area contributed by atoms with Crippen LogP contribution in [0.3, 0.4) is 0 Å². The van der Waals surface area contributed by atoms with E-state index in [1.54, 1.807) is 18.2 Å². The zero-order chi connectivity index (χ0) is 17.1. The van der Waals surface area contributed by atoms with Gasteiger partial charge in [0, 0.05) is 18.6 Å². The third-order valence-electron chi connectivity index (χ3n) is 4.93. The van der Waals surface area contributed by atoms with E-state index in [9.17, 15) is 4.79 Å². The van der Waals surface area contributed by atoms with Crippen LogP contribution in [0.15, 0.2) is 18.2 Å². The van der Waals surface area contributed by atoms with Gasteiger partial charge in [-0.1, -0.05) is 6.42 Å². The molecule has 0 aromatic heterocycles. The number of piperidine rings is 1. The van der Waals surface area contributed by atoms with E-state index in [2.05, 4.69) is 18.7 Å². The van der Waals surface area contributed by atoms with Crippen molar-refractivity contribution in [2.45, 2.75) is 58.2 Å². The summed E-state index contributed by atoms with van der Waals surface area (Å²) in [6.07, 6.45) is 3.57. The summed E-state index contributed by atoms with van der Waals surface area (Å²) in [6.45, 7) is 8.30. The Hall–Kier alpha value is -1.75. The van der Waals surface area contributed by atoms with Gasteiger partial charge < -0.3 is 14.2 Å². The standard InChI is InChI=1S/C19H27NO4/c1-13-5-4-6-14(2)20(13)12-15(3)24-19(21)16-7-8-17-18(11-16)23-10-9-22-17/h7-8,11,13-15H,4-6,9-10,12H2,1-3H3. The topological polar surface area (TPSA) is 48.0 Å². The minimum atomic E-state index is -0.309. The highest BCUT2D eigenvalue weighted by Gasteiger charge is 2.27. The van der Waals surface area contributed by atoms with Gasteiger partial charge in [-0.2, -0.15) is 0 Å². The maximum atomic E-state index is 12.4. The number of carbonyl (C=O) groups excluding carboxylic acids is 1. The second-order valence-electron chi connectivity index (χ2n) is 6.90. The van der Waals surface area contributed by atoms with Gasteiger partial charge in [-0.25, -0.2) is 4.79 Å². The van der Waals surface area contributed by atoms with E-state index in [1.165, 1.54) is 19.3 Å². The molecular weight excluding hydrogens is 306 g/mol. The molecule has 0 amide bonds. The first-order valence-corrected chi connectivity index (χ1v) is 8.91. The van der Waals surface area contributed by atoms with Gasteiger partial charge in [-0.05, 0) is 51.8 Å². The number of benzene rings is 1. The maximum absolute atomic E-state index is 12.4. The van der Waals surface area contributed by atoms with Crippen LogP contribution >= 0.6 is 0 Å². The van der Waals surface area contributed by atoms with Gasteiger partial charge in [0.2, 0.25) is 0 Å². The molecule has 1 fully saturated rings. The molecule has 1 saturated heterocycles. The molecular formula is C19H27NO4. The van der Waals surface area contributed by atoms with E-state index in [-0.39, 0.29) is 12.1 Å². The molecule has 2 heterocycles. The Balaban J connectivity index is 1.59. The average Bonchev–Trinajstić information content (AvgIpc) is 2.58. The van der Waals surface area contributed by atoms with Gasteiger partial charge in [0.05, 0.1) is 5.56 Å². The number of esters is 1. The summed E-state index contributed by atoms with van der Waals surface area (Å²) in [5.74, 6) is 0.986. The summed E-state index contributed by atoms with van der Waals surface area (Å²) in [7, 11) is 0. The van der Waals surface area contributed by atoms with Crippen molar-refractivity contribution >= 4 is 5.97 Å². The van der Waals surface area contributed by atoms with Gasteiger partial charge >= 0.3 is 5.97 Å². The lowest BCUT2D eigenvalue weighted by molar-refractivity contribution is 0.00806. The number of nitrogens with zero attached hydrogens (tertiary/aromatic N) is 1. The zero-order valence-corrected chi connectivity index (χ0v) is 14.8. The fourth-order valence-corrected chi connectivity index (χ4v) is 3.59. The monoisotopic (exact) mass is 333 g/mol. The van der Waals surface area contributed by atoms with Gasteiger partial charge in [-0.15, -0.1) is 0 Å². The minimum absolute atomic E-state index is 0.145. The molecule has 132 valence electrons. The lowest BCUT2D eigenvalue weighted by atomic mass is 9.97. The summed E-state index contributed by atoms with van der Waals surface area (Å²) in [6, 6.07) is 6.29. The number of ether oxygens (including phenoxy) is 3. The Labute approximate surface area is 143 Å². The average molecular weight is 333 g/mol. The molecule has 2 aliphatic heterocycles. The molecule has 5 nitrogen and oxygen atoms in total. The van der Waals surface area contributed by atoms with Crippen LogP contribution in [-0.2, 0) is 4.74 Å². The van der Waals surface area contributed by atoms with Crippen LogP contribution in [0.5, 0.6) is 11.5 Å². The molecule has 0 N–H and O–H groups in total. The third-order valence-corrected chi connectivity index (χ3v) is 4.93. The van der Waals surface area contributed by atoms with Crippen molar-refractivity contribution in [1.29, 1.82) is 0 Å². The fourth-order valence-electron chi connectivity index (χ4n) is 3.59. The molecule has 1 aromatic carbocycles. The number of carbonyl (C=O) groups is 1. The summed E-state index contributed by atoms with van der Waals surface area (Å²) >= 11 is 0. The molecule has 3 rings (SSSR count). The van der Waals surface area contributed by atoms with Crippen molar-refractivity contribution in [3.8, 4) is 11.5 Å². The van der Waals surface area contributed by atoms with E-state index < -0.39 is 0 Å². The Bertz CT molecular complexity index is 579. The number of fused-ring (bicyclic) bond motifs is 1. The van der Waals surface area contributed by atoms with E-state index in [0.29, 0.717) is 42.4 Å². The summed E-state index contributed by atoms with van der Waals surface area (Å²) < 4.78 is 16.7. The van der Waals surface area contributed by atoms with Crippen LogP contribution < -0.4 is 9.47 Å². The van der Waals surface area contributed by atoms with Crippen molar-refractivity contribution in [3.05, 3.63) is 23.8 Å². The predicted octanol–water partition coefficient (Wildman–Crippen LogP) is 3.27. The summed E-state index contributed by atoms with van der Waals surface area (Å²) in [4.78, 5) is 14.9. The highest BCUT2D eigenvalue weighted by atomic mass is 16.6. The summed E-state index contributed by atoms with van der Waals surface area (Å²) in [5, 5.41) is 0. The number of likely N-dealkylation sites (tertiary alicyclic amines) is 1. The minimum Gasteiger partial charge on any atom is -0.486 e. The van der Waals surface area contributed by atoms with Gasteiger partial charge in [0.15, 0.2) is 11.5 Å². The van der Waals surface area contributed by atoms with Crippen LogP contribution in [0.25, 0.3) is 0 Å². The van der Waals surface area contributed by atoms with Gasteiger partial charge in [0.1, 0.15) is 19.3 Å². The van der Waals surface area contributed by atoms with E-state index >= 15 is 0 Å². The zero-order valence-electron chi connectivity index (χ0n) is 14.8. The first-order valence-electron chi connectivity index (χ1n) is 8.91. The fraction of sp³-hybridized carbons (Fsp3) is 0.632. The van der Waals surface area contributed by atoms with Crippen molar-refractivity contribution in [2.24, 2.45) is 0 Å². The molecule has 5 heteroatoms. The molecule has 0 saturated carbocycles. The van der Waals surface area contributed by atoms with Crippen molar-refractivity contribution < 1.29 is 19.0 Å². The smallest absolute Gasteiger partial charge is 0.338 e. The molecule has 3 atom stereocenters. The second kappa shape index (κ2) is 7.43. The van der Waals surface area contributed by atoms with Crippen molar-refractivity contribution in [3.63, 3.8) is 0 Å². The molecule has 3 unspecified atom stereocenters. The van der Waals surface area contributed by atoms with Crippen LogP contribution in [0.4, 0.5) is 0 Å². The molecule has 24 heavy (non-hydrogen) atoms. The highest BCUT2D eigenvalue weighted by molar-refractivity contribution is 5.90.